The molecule has 1 N–H and O–H groups in total. The summed E-state index contributed by atoms with van der Waals surface area (Å²) in [6.45, 7) is 2.13. The maximum Gasteiger partial charge on any atom is 0.258 e. The van der Waals surface area contributed by atoms with Crippen molar-refractivity contribution in [3.05, 3.63) is 69.9 Å². The van der Waals surface area contributed by atoms with Gasteiger partial charge in [-0.1, -0.05) is 19.1 Å². The molecular formula is C22H21N3O3. The molecule has 0 fully saturated rings. The fourth-order valence-corrected chi connectivity index (χ4v) is 3.32. The van der Waals surface area contributed by atoms with Crippen LogP contribution in [0.25, 0.3) is 21.8 Å². The first-order chi connectivity index (χ1) is 13.6. The summed E-state index contributed by atoms with van der Waals surface area (Å²) >= 11 is 0. The summed E-state index contributed by atoms with van der Waals surface area (Å²) in [4.78, 5) is 24.6. The van der Waals surface area contributed by atoms with E-state index in [1.165, 1.54) is 12.7 Å². The summed E-state index contributed by atoms with van der Waals surface area (Å²) in [6.07, 6.45) is 3.30. The van der Waals surface area contributed by atoms with E-state index >= 15 is 0 Å². The molecule has 2 aromatic carbocycles. The Kier molecular flexibility index (Phi) is 4.69. The summed E-state index contributed by atoms with van der Waals surface area (Å²) in [6, 6.07) is 11.8. The van der Waals surface area contributed by atoms with E-state index in [4.69, 9.17) is 9.47 Å². The van der Waals surface area contributed by atoms with Crippen LogP contribution in [0, 0.1) is 0 Å². The molecule has 6 heteroatoms. The van der Waals surface area contributed by atoms with Gasteiger partial charge in [0.25, 0.3) is 5.56 Å². The quantitative estimate of drug-likeness (QED) is 0.576. The Morgan fingerprint density at radius 3 is 2.50 bits per heavy atom. The molecule has 0 aliphatic rings. The van der Waals surface area contributed by atoms with E-state index < -0.39 is 0 Å². The molecule has 2 heterocycles. The second-order valence-corrected chi connectivity index (χ2v) is 6.64. The molecule has 2 aromatic heterocycles. The Morgan fingerprint density at radius 1 is 0.964 bits per heavy atom. The molecule has 4 rings (SSSR count). The van der Waals surface area contributed by atoms with E-state index in [-0.39, 0.29) is 5.56 Å². The van der Waals surface area contributed by atoms with Crippen molar-refractivity contribution in [3.8, 4) is 11.5 Å². The highest BCUT2D eigenvalue weighted by molar-refractivity contribution is 5.82. The molecule has 28 heavy (non-hydrogen) atoms. The number of nitrogens with zero attached hydrogens (tertiary/aromatic N) is 2. The van der Waals surface area contributed by atoms with Crippen LogP contribution in [0.5, 0.6) is 11.5 Å². The molecule has 0 spiro atoms. The predicted octanol–water partition coefficient (Wildman–Crippen LogP) is 3.64. The van der Waals surface area contributed by atoms with E-state index in [0.29, 0.717) is 34.6 Å². The van der Waals surface area contributed by atoms with Crippen LogP contribution in [0.3, 0.4) is 0 Å². The average molecular weight is 375 g/mol. The summed E-state index contributed by atoms with van der Waals surface area (Å²) in [5.41, 5.74) is 3.58. The van der Waals surface area contributed by atoms with Crippen LogP contribution in [0.2, 0.25) is 0 Å². The summed E-state index contributed by atoms with van der Waals surface area (Å²) in [5, 5.41) is 1.54. The van der Waals surface area contributed by atoms with E-state index in [9.17, 15) is 4.79 Å². The minimum atomic E-state index is -0.206. The van der Waals surface area contributed by atoms with Gasteiger partial charge in [-0.2, -0.15) is 0 Å². The Morgan fingerprint density at radius 2 is 1.75 bits per heavy atom. The minimum absolute atomic E-state index is 0.206. The van der Waals surface area contributed by atoms with Crippen molar-refractivity contribution >= 4 is 21.8 Å². The lowest BCUT2D eigenvalue weighted by molar-refractivity contribution is 0.355. The zero-order valence-electron chi connectivity index (χ0n) is 16.1. The lowest BCUT2D eigenvalue weighted by Crippen LogP contribution is -2.12. The van der Waals surface area contributed by atoms with Gasteiger partial charge < -0.3 is 14.5 Å². The number of rotatable bonds is 5. The summed E-state index contributed by atoms with van der Waals surface area (Å²) in [7, 11) is 3.10. The fraction of sp³-hybridized carbons (Fsp3) is 0.227. The first-order valence-corrected chi connectivity index (χ1v) is 9.13. The monoisotopic (exact) mass is 375 g/mol. The number of aryl methyl sites for hydroxylation is 1. The van der Waals surface area contributed by atoms with Crippen molar-refractivity contribution in [3.63, 3.8) is 0 Å². The van der Waals surface area contributed by atoms with Gasteiger partial charge in [0.15, 0.2) is 11.5 Å². The molecule has 0 amide bonds. The number of hydrogen-bond donors (Lipinski definition) is 1. The lowest BCUT2D eigenvalue weighted by atomic mass is 10.1. The van der Waals surface area contributed by atoms with Crippen molar-refractivity contribution in [1.82, 2.24) is 15.0 Å². The Bertz CT molecular complexity index is 1230. The first kappa shape index (κ1) is 18.0. The smallest absolute Gasteiger partial charge is 0.258 e. The number of aromatic amines is 1. The maximum atomic E-state index is 12.5. The number of pyridine rings is 1. The average Bonchev–Trinajstić information content (AvgIpc) is 2.72. The van der Waals surface area contributed by atoms with Crippen LogP contribution in [0.1, 0.15) is 23.9 Å². The molecule has 0 aliphatic heterocycles. The Balaban J connectivity index is 1.73. The highest BCUT2D eigenvalue weighted by atomic mass is 16.5. The molecular weight excluding hydrogens is 354 g/mol. The number of aromatic nitrogens is 3. The van der Waals surface area contributed by atoms with Crippen LogP contribution in [0.15, 0.2) is 47.4 Å². The van der Waals surface area contributed by atoms with Gasteiger partial charge in [-0.15, -0.1) is 0 Å². The topological polar surface area (TPSA) is 77.1 Å². The van der Waals surface area contributed by atoms with Crippen molar-refractivity contribution in [2.45, 2.75) is 19.8 Å². The van der Waals surface area contributed by atoms with Gasteiger partial charge in [-0.05, 0) is 35.7 Å². The van der Waals surface area contributed by atoms with Gasteiger partial charge in [0.1, 0.15) is 5.82 Å². The summed E-state index contributed by atoms with van der Waals surface area (Å²) < 4.78 is 10.6. The number of hydrogen-bond acceptors (Lipinski definition) is 5. The Labute approximate surface area is 162 Å². The van der Waals surface area contributed by atoms with Crippen LogP contribution in [-0.2, 0) is 12.8 Å². The second-order valence-electron chi connectivity index (χ2n) is 6.64. The van der Waals surface area contributed by atoms with Gasteiger partial charge >= 0.3 is 0 Å². The maximum absolute atomic E-state index is 12.5. The van der Waals surface area contributed by atoms with Crippen LogP contribution < -0.4 is 15.0 Å². The third kappa shape index (κ3) is 3.29. The van der Waals surface area contributed by atoms with E-state index in [2.05, 4.69) is 46.1 Å². The molecule has 0 unspecified atom stereocenters. The van der Waals surface area contributed by atoms with Gasteiger partial charge in [0.05, 0.1) is 30.6 Å². The molecule has 0 aliphatic carbocycles. The number of H-pyrrole nitrogens is 1. The standard InChI is InChI=1S/C22H21N3O3/c1-4-13-5-6-15-7-14(12-23-17(15)8-13)9-21-24-18-11-20(28-3)19(27-2)10-16(18)22(26)25-21/h5-8,10-12H,4,9H2,1-3H3,(H,24,25,26). The molecule has 0 saturated heterocycles. The highest BCUT2D eigenvalue weighted by Crippen LogP contribution is 2.30. The largest absolute Gasteiger partial charge is 0.493 e. The number of ether oxygens (including phenoxy) is 2. The molecule has 4 aromatic rings. The number of nitrogens with one attached hydrogen (secondary N) is 1. The third-order valence-corrected chi connectivity index (χ3v) is 4.84. The van der Waals surface area contributed by atoms with Crippen LogP contribution >= 0.6 is 0 Å². The van der Waals surface area contributed by atoms with Crippen LogP contribution in [0.4, 0.5) is 0 Å². The van der Waals surface area contributed by atoms with Crippen molar-refractivity contribution in [2.75, 3.05) is 14.2 Å². The normalized spacial score (nSPS) is 11.1. The first-order valence-electron chi connectivity index (χ1n) is 9.13. The van der Waals surface area contributed by atoms with Gasteiger partial charge in [0, 0.05) is 24.1 Å². The third-order valence-electron chi connectivity index (χ3n) is 4.84. The second kappa shape index (κ2) is 7.31. The molecule has 142 valence electrons. The van der Waals surface area contributed by atoms with Crippen molar-refractivity contribution in [1.29, 1.82) is 0 Å². The van der Waals surface area contributed by atoms with Gasteiger partial charge in [-0.3, -0.25) is 9.78 Å². The highest BCUT2D eigenvalue weighted by Gasteiger charge is 2.11. The van der Waals surface area contributed by atoms with Crippen LogP contribution in [-0.4, -0.2) is 29.2 Å². The van der Waals surface area contributed by atoms with E-state index in [1.807, 2.05) is 6.20 Å². The van der Waals surface area contributed by atoms with E-state index in [1.54, 1.807) is 19.2 Å². The number of benzene rings is 2. The zero-order valence-corrected chi connectivity index (χ0v) is 16.1. The molecule has 0 bridgehead atoms. The van der Waals surface area contributed by atoms with Gasteiger partial charge in [0.2, 0.25) is 0 Å². The molecule has 6 nitrogen and oxygen atoms in total. The predicted molar refractivity (Wildman–Crippen MR) is 109 cm³/mol. The zero-order chi connectivity index (χ0) is 19.7. The molecule has 0 atom stereocenters. The molecule has 0 radical (unpaired) electrons. The fourth-order valence-electron chi connectivity index (χ4n) is 3.32. The van der Waals surface area contributed by atoms with Crippen molar-refractivity contribution < 1.29 is 9.47 Å². The number of methoxy groups -OCH3 is 2. The lowest BCUT2D eigenvalue weighted by Gasteiger charge is -2.09. The SMILES string of the molecule is CCc1ccc2cc(Cc3nc4cc(OC)c(OC)cc4c(=O)[nH]3)cnc2c1. The Hall–Kier alpha value is -3.41. The molecule has 0 saturated carbocycles. The van der Waals surface area contributed by atoms with Crippen molar-refractivity contribution in [2.24, 2.45) is 0 Å². The summed E-state index contributed by atoms with van der Waals surface area (Å²) in [5.74, 6) is 1.62. The van der Waals surface area contributed by atoms with E-state index in [0.717, 1.165) is 22.9 Å². The number of fused-ring (bicyclic) bond motifs is 2. The van der Waals surface area contributed by atoms with Gasteiger partial charge in [-0.25, -0.2) is 4.98 Å². The minimum Gasteiger partial charge on any atom is -0.493 e.